The number of carbonyl (C=O) groups is 2. The summed E-state index contributed by atoms with van der Waals surface area (Å²) >= 11 is 0. The number of anilines is 1. The van der Waals surface area contributed by atoms with Gasteiger partial charge in [-0.15, -0.1) is 0 Å². The Morgan fingerprint density at radius 3 is 2.62 bits per heavy atom. The first kappa shape index (κ1) is 16.2. The van der Waals surface area contributed by atoms with Crippen LogP contribution < -0.4 is 10.6 Å². The summed E-state index contributed by atoms with van der Waals surface area (Å²) in [6.07, 6.45) is 1.03. The zero-order valence-electron chi connectivity index (χ0n) is 14.2. The number of primary amides is 1. The zero-order chi connectivity index (χ0) is 17.4. The molecule has 2 heterocycles. The van der Waals surface area contributed by atoms with Crippen LogP contribution in [0.3, 0.4) is 0 Å². The molecule has 126 valence electrons. The minimum atomic E-state index is -0.424. The predicted octanol–water partition coefficient (Wildman–Crippen LogP) is 1.59. The highest BCUT2D eigenvalue weighted by Crippen LogP contribution is 2.36. The fourth-order valence-corrected chi connectivity index (χ4v) is 3.43. The van der Waals surface area contributed by atoms with Crippen LogP contribution in [0.2, 0.25) is 0 Å². The Labute approximate surface area is 141 Å². The molecule has 2 N–H and O–H groups in total. The third kappa shape index (κ3) is 2.68. The third-order valence-electron chi connectivity index (χ3n) is 4.86. The number of hydrogen-bond acceptors (Lipinski definition) is 3. The van der Waals surface area contributed by atoms with Crippen molar-refractivity contribution in [2.24, 2.45) is 12.8 Å². The summed E-state index contributed by atoms with van der Waals surface area (Å²) in [6.45, 7) is 4.30. The Kier molecular flexibility index (Phi) is 4.13. The number of aromatic nitrogens is 2. The number of para-hydroxylation sites is 1. The average Bonchev–Trinajstić information content (AvgIpc) is 3.04. The van der Waals surface area contributed by atoms with Crippen LogP contribution in [0.1, 0.15) is 34.9 Å². The molecule has 6 heteroatoms. The minimum absolute atomic E-state index is 0.00820. The van der Waals surface area contributed by atoms with Crippen molar-refractivity contribution in [3.63, 3.8) is 0 Å². The number of aryl methyl sites for hydroxylation is 2. The number of benzene rings is 1. The van der Waals surface area contributed by atoms with Crippen LogP contribution in [0, 0.1) is 13.8 Å². The summed E-state index contributed by atoms with van der Waals surface area (Å²) in [6, 6.07) is 7.48. The van der Waals surface area contributed by atoms with Gasteiger partial charge in [0.1, 0.15) is 0 Å². The Morgan fingerprint density at radius 1 is 1.29 bits per heavy atom. The van der Waals surface area contributed by atoms with Crippen molar-refractivity contribution in [2.45, 2.75) is 32.6 Å². The van der Waals surface area contributed by atoms with Crippen LogP contribution in [0.25, 0.3) is 0 Å². The molecule has 1 aliphatic heterocycles. The van der Waals surface area contributed by atoms with E-state index in [2.05, 4.69) is 5.10 Å². The van der Waals surface area contributed by atoms with E-state index in [1.54, 1.807) is 4.90 Å². The summed E-state index contributed by atoms with van der Waals surface area (Å²) in [5.74, 6) is -0.808. The fraction of sp³-hybridized carbons (Fsp3) is 0.389. The van der Waals surface area contributed by atoms with E-state index in [9.17, 15) is 9.59 Å². The molecular weight excluding hydrogens is 304 g/mol. The van der Waals surface area contributed by atoms with Crippen molar-refractivity contribution < 1.29 is 9.59 Å². The Bertz CT molecular complexity index is 809. The molecular formula is C18H22N4O2. The molecule has 2 amide bonds. The Hall–Kier alpha value is -2.63. The topological polar surface area (TPSA) is 81.2 Å². The van der Waals surface area contributed by atoms with E-state index in [4.69, 9.17) is 5.73 Å². The van der Waals surface area contributed by atoms with Crippen LogP contribution in [0.15, 0.2) is 24.3 Å². The molecule has 1 aromatic heterocycles. The lowest BCUT2D eigenvalue weighted by atomic mass is 10.0. The van der Waals surface area contributed by atoms with Crippen LogP contribution >= 0.6 is 0 Å². The van der Waals surface area contributed by atoms with Gasteiger partial charge in [0.15, 0.2) is 0 Å². The van der Waals surface area contributed by atoms with Gasteiger partial charge in [0, 0.05) is 31.4 Å². The molecule has 1 aromatic carbocycles. The highest BCUT2D eigenvalue weighted by Gasteiger charge is 2.34. The van der Waals surface area contributed by atoms with Crippen molar-refractivity contribution in [1.82, 2.24) is 9.78 Å². The molecule has 0 saturated carbocycles. The number of carbonyl (C=O) groups excluding carboxylic acids is 2. The highest BCUT2D eigenvalue weighted by molar-refractivity contribution is 5.99. The first-order valence-electron chi connectivity index (χ1n) is 8.07. The SMILES string of the molecule is Cc1nn(C)c(C)c1CCC(=O)N1C[C@@H](C(N)=O)c2ccccc21. The summed E-state index contributed by atoms with van der Waals surface area (Å²) in [4.78, 5) is 26.1. The molecule has 0 spiro atoms. The van der Waals surface area contributed by atoms with Gasteiger partial charge in [0.25, 0.3) is 0 Å². The molecule has 0 fully saturated rings. The van der Waals surface area contributed by atoms with Crippen LogP contribution in [0.5, 0.6) is 0 Å². The summed E-state index contributed by atoms with van der Waals surface area (Å²) in [5.41, 5.74) is 10.3. The number of fused-ring (bicyclic) bond motifs is 1. The van der Waals surface area contributed by atoms with Gasteiger partial charge in [-0.05, 0) is 37.5 Å². The van der Waals surface area contributed by atoms with E-state index >= 15 is 0 Å². The largest absolute Gasteiger partial charge is 0.369 e. The molecule has 0 saturated heterocycles. The first-order chi connectivity index (χ1) is 11.4. The molecule has 0 aliphatic carbocycles. The number of nitrogens with two attached hydrogens (primary N) is 1. The predicted molar refractivity (Wildman–Crippen MR) is 91.7 cm³/mol. The van der Waals surface area contributed by atoms with Crippen molar-refractivity contribution in [3.05, 3.63) is 46.8 Å². The van der Waals surface area contributed by atoms with Gasteiger partial charge in [-0.25, -0.2) is 0 Å². The molecule has 24 heavy (non-hydrogen) atoms. The molecule has 0 unspecified atom stereocenters. The van der Waals surface area contributed by atoms with Crippen LogP contribution in [0.4, 0.5) is 5.69 Å². The Morgan fingerprint density at radius 2 is 2.00 bits per heavy atom. The van der Waals surface area contributed by atoms with Crippen molar-refractivity contribution in [1.29, 1.82) is 0 Å². The standard InChI is InChI=1S/C18H22N4O2/c1-11-13(12(2)21(3)20-11)8-9-17(23)22-10-15(18(19)24)14-6-4-5-7-16(14)22/h4-7,15H,8-10H2,1-3H3,(H2,19,24)/t15-/m1/s1. The molecule has 0 radical (unpaired) electrons. The van der Waals surface area contributed by atoms with Crippen molar-refractivity contribution >= 4 is 17.5 Å². The second-order valence-electron chi connectivity index (χ2n) is 6.29. The summed E-state index contributed by atoms with van der Waals surface area (Å²) < 4.78 is 1.84. The van der Waals surface area contributed by atoms with Crippen LogP contribution in [-0.2, 0) is 23.1 Å². The maximum atomic E-state index is 12.7. The second kappa shape index (κ2) is 6.11. The molecule has 1 aliphatic rings. The van der Waals surface area contributed by atoms with Crippen molar-refractivity contribution in [3.8, 4) is 0 Å². The van der Waals surface area contributed by atoms with Gasteiger partial charge in [-0.1, -0.05) is 18.2 Å². The normalized spacial score (nSPS) is 16.3. The van der Waals surface area contributed by atoms with E-state index < -0.39 is 11.8 Å². The van der Waals surface area contributed by atoms with E-state index in [1.807, 2.05) is 49.8 Å². The van der Waals surface area contributed by atoms with Gasteiger partial charge in [-0.2, -0.15) is 5.10 Å². The molecule has 1 atom stereocenters. The average molecular weight is 326 g/mol. The fourth-order valence-electron chi connectivity index (χ4n) is 3.43. The van der Waals surface area contributed by atoms with E-state index in [0.717, 1.165) is 28.2 Å². The lowest BCUT2D eigenvalue weighted by Crippen LogP contribution is -2.33. The quantitative estimate of drug-likeness (QED) is 0.926. The number of nitrogens with zero attached hydrogens (tertiary/aromatic N) is 3. The molecule has 3 rings (SSSR count). The third-order valence-corrected chi connectivity index (χ3v) is 4.86. The smallest absolute Gasteiger partial charge is 0.227 e. The van der Waals surface area contributed by atoms with Gasteiger partial charge in [-0.3, -0.25) is 14.3 Å². The molecule has 2 aromatic rings. The van der Waals surface area contributed by atoms with Gasteiger partial charge in [0.05, 0.1) is 11.6 Å². The summed E-state index contributed by atoms with van der Waals surface area (Å²) in [5, 5.41) is 4.39. The maximum Gasteiger partial charge on any atom is 0.227 e. The lowest BCUT2D eigenvalue weighted by Gasteiger charge is -2.17. The lowest BCUT2D eigenvalue weighted by molar-refractivity contribution is -0.119. The first-order valence-corrected chi connectivity index (χ1v) is 8.07. The second-order valence-corrected chi connectivity index (χ2v) is 6.29. The highest BCUT2D eigenvalue weighted by atomic mass is 16.2. The van der Waals surface area contributed by atoms with Crippen molar-refractivity contribution in [2.75, 3.05) is 11.4 Å². The monoisotopic (exact) mass is 326 g/mol. The van der Waals surface area contributed by atoms with Gasteiger partial charge in [0.2, 0.25) is 11.8 Å². The maximum absolute atomic E-state index is 12.7. The number of hydrogen-bond donors (Lipinski definition) is 1. The summed E-state index contributed by atoms with van der Waals surface area (Å²) in [7, 11) is 1.90. The zero-order valence-corrected chi connectivity index (χ0v) is 14.2. The van der Waals surface area contributed by atoms with Gasteiger partial charge >= 0.3 is 0 Å². The van der Waals surface area contributed by atoms with E-state index in [-0.39, 0.29) is 5.91 Å². The van der Waals surface area contributed by atoms with E-state index in [1.165, 1.54) is 0 Å². The Balaban J connectivity index is 1.78. The minimum Gasteiger partial charge on any atom is -0.369 e. The van der Waals surface area contributed by atoms with Crippen LogP contribution in [-0.4, -0.2) is 28.1 Å². The number of rotatable bonds is 4. The molecule has 0 bridgehead atoms. The number of amides is 2. The van der Waals surface area contributed by atoms with Gasteiger partial charge < -0.3 is 10.6 Å². The van der Waals surface area contributed by atoms with E-state index in [0.29, 0.717) is 19.4 Å². The molecule has 6 nitrogen and oxygen atoms in total.